The van der Waals surface area contributed by atoms with E-state index in [4.69, 9.17) is 25.6 Å². The molecule has 0 aliphatic heterocycles. The minimum absolute atomic E-state index is 0.0227. The fourth-order valence-corrected chi connectivity index (χ4v) is 3.25. The third-order valence-electron chi connectivity index (χ3n) is 4.56. The summed E-state index contributed by atoms with van der Waals surface area (Å²) in [4.78, 5) is 21.1. The van der Waals surface area contributed by atoms with Crippen molar-refractivity contribution in [2.45, 2.75) is 26.8 Å². The molecule has 32 heavy (non-hydrogen) atoms. The number of hydrogen-bond acceptors (Lipinski definition) is 7. The molecule has 0 aliphatic rings. The van der Waals surface area contributed by atoms with E-state index in [2.05, 4.69) is 20.4 Å². The van der Waals surface area contributed by atoms with Gasteiger partial charge in [0.15, 0.2) is 11.5 Å². The molecular weight excluding hydrogens is 432 g/mol. The first-order chi connectivity index (χ1) is 15.4. The smallest absolute Gasteiger partial charge is 0.249 e. The van der Waals surface area contributed by atoms with Gasteiger partial charge in [0, 0.05) is 24.0 Å². The van der Waals surface area contributed by atoms with Gasteiger partial charge in [-0.25, -0.2) is 0 Å². The number of aromatic nitrogens is 3. The highest BCUT2D eigenvalue weighted by molar-refractivity contribution is 6.32. The van der Waals surface area contributed by atoms with Crippen molar-refractivity contribution in [3.63, 3.8) is 0 Å². The number of ether oxygens (including phenoxy) is 2. The molecule has 9 heteroatoms. The maximum atomic E-state index is 12.6. The first-order valence-electron chi connectivity index (χ1n) is 10.2. The molecule has 3 aromatic rings. The Kier molecular flexibility index (Phi) is 7.83. The Morgan fingerprint density at radius 3 is 2.81 bits per heavy atom. The standard InChI is InChI=1S/C23H25ClN4O4/c1-5-31-21-17(24)11-15(12-18(21)30-4)8-9-19(29)26-20(14(2)3)23-27-22(28-32-23)16-7-6-10-25-13-16/h6-14,20H,5H2,1-4H3,(H,26,29)/b9-8+. The van der Waals surface area contributed by atoms with Crippen molar-refractivity contribution in [2.24, 2.45) is 5.92 Å². The highest BCUT2D eigenvalue weighted by Gasteiger charge is 2.24. The van der Waals surface area contributed by atoms with Crippen LogP contribution in [0.15, 0.2) is 47.3 Å². The molecule has 0 bridgehead atoms. The van der Waals surface area contributed by atoms with E-state index in [9.17, 15) is 4.79 Å². The Hall–Kier alpha value is -3.39. The van der Waals surface area contributed by atoms with Crippen LogP contribution in [0.5, 0.6) is 11.5 Å². The molecule has 0 aliphatic carbocycles. The fourth-order valence-electron chi connectivity index (χ4n) is 2.98. The van der Waals surface area contributed by atoms with E-state index in [0.717, 1.165) is 5.56 Å². The lowest BCUT2D eigenvalue weighted by atomic mass is 10.0. The average Bonchev–Trinajstić information content (AvgIpc) is 3.28. The molecular formula is C23H25ClN4O4. The van der Waals surface area contributed by atoms with Gasteiger partial charge in [-0.3, -0.25) is 9.78 Å². The van der Waals surface area contributed by atoms with Gasteiger partial charge in [-0.2, -0.15) is 4.98 Å². The van der Waals surface area contributed by atoms with Crippen molar-refractivity contribution in [3.8, 4) is 22.9 Å². The second-order valence-corrected chi connectivity index (χ2v) is 7.64. The predicted octanol–water partition coefficient (Wildman–Crippen LogP) is 4.72. The minimum atomic E-state index is -0.455. The summed E-state index contributed by atoms with van der Waals surface area (Å²) >= 11 is 6.29. The molecule has 3 rings (SSSR count). The Morgan fingerprint density at radius 1 is 1.34 bits per heavy atom. The molecule has 168 valence electrons. The summed E-state index contributed by atoms with van der Waals surface area (Å²) in [7, 11) is 1.53. The summed E-state index contributed by atoms with van der Waals surface area (Å²) < 4.78 is 16.3. The van der Waals surface area contributed by atoms with Gasteiger partial charge in [-0.1, -0.05) is 30.6 Å². The van der Waals surface area contributed by atoms with Crippen LogP contribution in [0, 0.1) is 5.92 Å². The van der Waals surface area contributed by atoms with Crippen molar-refractivity contribution < 1.29 is 18.8 Å². The Morgan fingerprint density at radius 2 is 2.16 bits per heavy atom. The molecule has 0 fully saturated rings. The van der Waals surface area contributed by atoms with Crippen LogP contribution in [0.3, 0.4) is 0 Å². The molecule has 1 N–H and O–H groups in total. The number of pyridine rings is 1. The molecule has 2 aromatic heterocycles. The van der Waals surface area contributed by atoms with Crippen LogP contribution in [0.1, 0.15) is 38.3 Å². The molecule has 0 saturated carbocycles. The van der Waals surface area contributed by atoms with Gasteiger partial charge in [-0.05, 0) is 48.7 Å². The molecule has 0 spiro atoms. The largest absolute Gasteiger partial charge is 0.493 e. The van der Waals surface area contributed by atoms with E-state index in [-0.39, 0.29) is 11.8 Å². The number of methoxy groups -OCH3 is 1. The van der Waals surface area contributed by atoms with E-state index in [0.29, 0.717) is 40.4 Å². The predicted molar refractivity (Wildman–Crippen MR) is 121 cm³/mol. The van der Waals surface area contributed by atoms with Crippen LogP contribution in [0.2, 0.25) is 5.02 Å². The molecule has 1 amide bonds. The number of benzene rings is 1. The lowest BCUT2D eigenvalue weighted by molar-refractivity contribution is -0.117. The van der Waals surface area contributed by atoms with Crippen molar-refractivity contribution >= 4 is 23.6 Å². The van der Waals surface area contributed by atoms with E-state index >= 15 is 0 Å². The molecule has 0 saturated heterocycles. The molecule has 8 nitrogen and oxygen atoms in total. The molecule has 2 heterocycles. The number of nitrogens with zero attached hydrogens (tertiary/aromatic N) is 3. The minimum Gasteiger partial charge on any atom is -0.493 e. The molecule has 1 unspecified atom stereocenters. The number of halogens is 1. The van der Waals surface area contributed by atoms with Gasteiger partial charge in [0.1, 0.15) is 6.04 Å². The van der Waals surface area contributed by atoms with Gasteiger partial charge in [0.05, 0.1) is 18.7 Å². The Labute approximate surface area is 191 Å². The Balaban J connectivity index is 1.74. The average molecular weight is 457 g/mol. The zero-order chi connectivity index (χ0) is 23.1. The quantitative estimate of drug-likeness (QED) is 0.465. The van der Waals surface area contributed by atoms with Gasteiger partial charge >= 0.3 is 0 Å². The van der Waals surface area contributed by atoms with Crippen LogP contribution in [-0.4, -0.2) is 34.7 Å². The first kappa shape index (κ1) is 23.3. The zero-order valence-corrected chi connectivity index (χ0v) is 19.1. The van der Waals surface area contributed by atoms with Crippen LogP contribution in [-0.2, 0) is 4.79 Å². The fraction of sp³-hybridized carbons (Fsp3) is 0.304. The number of nitrogens with one attached hydrogen (secondary N) is 1. The third-order valence-corrected chi connectivity index (χ3v) is 4.84. The van der Waals surface area contributed by atoms with E-state index < -0.39 is 6.04 Å². The van der Waals surface area contributed by atoms with Crippen LogP contribution >= 0.6 is 11.6 Å². The number of carbonyl (C=O) groups excluding carboxylic acids is 1. The van der Waals surface area contributed by atoms with Crippen LogP contribution in [0.25, 0.3) is 17.5 Å². The first-order valence-corrected chi connectivity index (χ1v) is 10.5. The lowest BCUT2D eigenvalue weighted by Crippen LogP contribution is -2.30. The van der Waals surface area contributed by atoms with Crippen LogP contribution in [0.4, 0.5) is 0 Å². The Bertz CT molecular complexity index is 1080. The van der Waals surface area contributed by atoms with Gasteiger partial charge in [0.2, 0.25) is 17.6 Å². The van der Waals surface area contributed by atoms with E-state index in [1.54, 1.807) is 36.7 Å². The summed E-state index contributed by atoms with van der Waals surface area (Å²) in [5.74, 6) is 1.42. The van der Waals surface area contributed by atoms with Crippen LogP contribution < -0.4 is 14.8 Å². The SMILES string of the molecule is CCOc1c(Cl)cc(/C=C/C(=O)NC(c2nc(-c3cccnc3)no2)C(C)C)cc1OC. The number of carbonyl (C=O) groups is 1. The lowest BCUT2D eigenvalue weighted by Gasteiger charge is -2.17. The van der Waals surface area contributed by atoms with E-state index in [1.165, 1.54) is 13.2 Å². The monoisotopic (exact) mass is 456 g/mol. The van der Waals surface area contributed by atoms with Crippen molar-refractivity contribution in [1.29, 1.82) is 0 Å². The van der Waals surface area contributed by atoms with Gasteiger partial charge in [-0.15, -0.1) is 0 Å². The van der Waals surface area contributed by atoms with Crippen molar-refractivity contribution in [1.82, 2.24) is 20.4 Å². The van der Waals surface area contributed by atoms with E-state index in [1.807, 2.05) is 26.8 Å². The second-order valence-electron chi connectivity index (χ2n) is 7.23. The molecule has 1 atom stereocenters. The third kappa shape index (κ3) is 5.64. The van der Waals surface area contributed by atoms with Crippen molar-refractivity contribution in [2.75, 3.05) is 13.7 Å². The molecule has 0 radical (unpaired) electrons. The number of rotatable bonds is 9. The second kappa shape index (κ2) is 10.8. The zero-order valence-electron chi connectivity index (χ0n) is 18.3. The topological polar surface area (TPSA) is 99.4 Å². The maximum absolute atomic E-state index is 12.6. The molecule has 1 aromatic carbocycles. The number of amides is 1. The summed E-state index contributed by atoms with van der Waals surface area (Å²) in [6.45, 7) is 6.24. The van der Waals surface area contributed by atoms with Crippen molar-refractivity contribution in [3.05, 3.63) is 59.2 Å². The number of hydrogen-bond donors (Lipinski definition) is 1. The normalized spacial score (nSPS) is 12.2. The maximum Gasteiger partial charge on any atom is 0.249 e. The highest BCUT2D eigenvalue weighted by atomic mass is 35.5. The summed E-state index contributed by atoms with van der Waals surface area (Å²) in [6.07, 6.45) is 6.38. The summed E-state index contributed by atoms with van der Waals surface area (Å²) in [6, 6.07) is 6.63. The highest BCUT2D eigenvalue weighted by Crippen LogP contribution is 2.36. The summed E-state index contributed by atoms with van der Waals surface area (Å²) in [5.41, 5.74) is 1.43. The summed E-state index contributed by atoms with van der Waals surface area (Å²) in [5, 5.41) is 7.33. The van der Waals surface area contributed by atoms with Gasteiger partial charge in [0.25, 0.3) is 0 Å². The van der Waals surface area contributed by atoms with Gasteiger partial charge < -0.3 is 19.3 Å².